The Morgan fingerprint density at radius 1 is 1.14 bits per heavy atom. The number of halogens is 2. The average Bonchev–Trinajstić information content (AvgIpc) is 2.70. The van der Waals surface area contributed by atoms with Crippen LogP contribution in [0.15, 0.2) is 76.3 Å². The first-order chi connectivity index (χ1) is 14.0. The predicted octanol–water partition coefficient (Wildman–Crippen LogP) is 6.10. The van der Waals surface area contributed by atoms with Crippen molar-refractivity contribution in [2.24, 2.45) is 5.10 Å². The molecule has 0 aliphatic rings. The maximum Gasteiger partial charge on any atom is 0.339 e. The highest BCUT2D eigenvalue weighted by molar-refractivity contribution is 14.1. The summed E-state index contributed by atoms with van der Waals surface area (Å²) in [4.78, 5) is 12.1. The molecule has 2 amide bonds. The van der Waals surface area contributed by atoms with Gasteiger partial charge in [-0.2, -0.15) is 5.10 Å². The number of aryl methyl sites for hydroxylation is 1. The van der Waals surface area contributed by atoms with E-state index in [1.165, 1.54) is 3.57 Å². The summed E-state index contributed by atoms with van der Waals surface area (Å²) in [5, 5.41) is 6.82. The molecule has 0 spiro atoms. The van der Waals surface area contributed by atoms with Gasteiger partial charge in [0.2, 0.25) is 0 Å². The molecule has 0 radical (unpaired) electrons. The van der Waals surface area contributed by atoms with E-state index in [0.29, 0.717) is 12.4 Å². The van der Waals surface area contributed by atoms with Gasteiger partial charge in [-0.25, -0.2) is 10.2 Å². The molecular formula is C22H19BrIN3O2. The lowest BCUT2D eigenvalue weighted by atomic mass is 10.2. The summed E-state index contributed by atoms with van der Waals surface area (Å²) < 4.78 is 8.02. The number of para-hydroxylation sites is 1. The van der Waals surface area contributed by atoms with E-state index in [-0.39, 0.29) is 0 Å². The van der Waals surface area contributed by atoms with E-state index in [2.05, 4.69) is 54.4 Å². The van der Waals surface area contributed by atoms with Crippen molar-refractivity contribution in [2.45, 2.75) is 13.5 Å². The lowest BCUT2D eigenvalue weighted by molar-refractivity contribution is 0.252. The number of anilines is 1. The van der Waals surface area contributed by atoms with Crippen molar-refractivity contribution in [2.75, 3.05) is 5.32 Å². The van der Waals surface area contributed by atoms with Gasteiger partial charge in [0.25, 0.3) is 0 Å². The highest BCUT2D eigenvalue weighted by atomic mass is 127. The third-order valence-electron chi connectivity index (χ3n) is 4.04. The minimum Gasteiger partial charge on any atom is -0.488 e. The van der Waals surface area contributed by atoms with Crippen molar-refractivity contribution in [3.8, 4) is 5.75 Å². The second-order valence-electron chi connectivity index (χ2n) is 6.24. The average molecular weight is 564 g/mol. The summed E-state index contributed by atoms with van der Waals surface area (Å²) >= 11 is 5.73. The lowest BCUT2D eigenvalue weighted by Crippen LogP contribution is -2.24. The monoisotopic (exact) mass is 563 g/mol. The molecular weight excluding hydrogens is 545 g/mol. The van der Waals surface area contributed by atoms with Gasteiger partial charge in [0.15, 0.2) is 0 Å². The van der Waals surface area contributed by atoms with Crippen molar-refractivity contribution in [1.82, 2.24) is 5.43 Å². The summed E-state index contributed by atoms with van der Waals surface area (Å²) in [6, 6.07) is 20.9. The normalized spacial score (nSPS) is 10.7. The second-order valence-corrected chi connectivity index (χ2v) is 8.40. The van der Waals surface area contributed by atoms with E-state index < -0.39 is 6.03 Å². The van der Waals surface area contributed by atoms with Crippen molar-refractivity contribution in [1.29, 1.82) is 0 Å². The van der Waals surface area contributed by atoms with Crippen LogP contribution in [0, 0.1) is 10.5 Å². The number of carbonyl (C=O) groups excluding carboxylic acids is 1. The highest BCUT2D eigenvalue weighted by Crippen LogP contribution is 2.23. The van der Waals surface area contributed by atoms with Crippen LogP contribution in [0.25, 0.3) is 0 Å². The Bertz CT molecular complexity index is 1020. The number of hydrazone groups is 1. The van der Waals surface area contributed by atoms with Gasteiger partial charge in [-0.1, -0.05) is 46.3 Å². The molecule has 0 fully saturated rings. The minimum atomic E-state index is -0.410. The Morgan fingerprint density at radius 2 is 1.90 bits per heavy atom. The SMILES string of the molecule is Cc1ccccc1NC(=O)NN=Cc1cc(Br)ccc1OCc1ccc(I)cc1. The molecule has 3 aromatic carbocycles. The van der Waals surface area contributed by atoms with Crippen LogP contribution in [0.3, 0.4) is 0 Å². The predicted molar refractivity (Wildman–Crippen MR) is 129 cm³/mol. The molecule has 3 aromatic rings. The lowest BCUT2D eigenvalue weighted by Gasteiger charge is -2.10. The number of hydrogen-bond acceptors (Lipinski definition) is 3. The number of nitrogens with zero attached hydrogens (tertiary/aromatic N) is 1. The smallest absolute Gasteiger partial charge is 0.339 e. The molecule has 0 saturated carbocycles. The molecule has 2 N–H and O–H groups in total. The number of hydrogen-bond donors (Lipinski definition) is 2. The third-order valence-corrected chi connectivity index (χ3v) is 5.25. The molecule has 0 atom stereocenters. The molecule has 3 rings (SSSR count). The fraction of sp³-hybridized carbons (Fsp3) is 0.0909. The fourth-order valence-corrected chi connectivity index (χ4v) is 3.26. The van der Waals surface area contributed by atoms with E-state index in [0.717, 1.165) is 26.9 Å². The molecule has 148 valence electrons. The van der Waals surface area contributed by atoms with Crippen molar-refractivity contribution in [3.63, 3.8) is 0 Å². The quantitative estimate of drug-likeness (QED) is 0.216. The number of amides is 2. The van der Waals surface area contributed by atoms with Crippen LogP contribution in [0.5, 0.6) is 5.75 Å². The van der Waals surface area contributed by atoms with E-state index >= 15 is 0 Å². The molecule has 0 saturated heterocycles. The van der Waals surface area contributed by atoms with E-state index in [1.807, 2.05) is 73.7 Å². The molecule has 7 heteroatoms. The molecule has 0 bridgehead atoms. The number of carbonyl (C=O) groups is 1. The molecule has 5 nitrogen and oxygen atoms in total. The third kappa shape index (κ3) is 6.57. The summed E-state index contributed by atoms with van der Waals surface area (Å²) in [7, 11) is 0. The van der Waals surface area contributed by atoms with Gasteiger partial charge in [-0.3, -0.25) is 0 Å². The largest absolute Gasteiger partial charge is 0.488 e. The molecule has 0 aromatic heterocycles. The van der Waals surface area contributed by atoms with Crippen LogP contribution >= 0.6 is 38.5 Å². The first-order valence-electron chi connectivity index (χ1n) is 8.84. The van der Waals surface area contributed by atoms with Crippen LogP contribution in [0.1, 0.15) is 16.7 Å². The van der Waals surface area contributed by atoms with Crippen LogP contribution in [-0.2, 0) is 6.61 Å². The minimum absolute atomic E-state index is 0.410. The van der Waals surface area contributed by atoms with Gasteiger partial charge in [-0.15, -0.1) is 0 Å². The van der Waals surface area contributed by atoms with Gasteiger partial charge >= 0.3 is 6.03 Å². The number of ether oxygens (including phenoxy) is 1. The van der Waals surface area contributed by atoms with E-state index in [1.54, 1.807) is 6.21 Å². The fourth-order valence-electron chi connectivity index (χ4n) is 2.52. The van der Waals surface area contributed by atoms with Crippen molar-refractivity contribution < 1.29 is 9.53 Å². The van der Waals surface area contributed by atoms with Crippen molar-refractivity contribution >= 4 is 56.5 Å². The van der Waals surface area contributed by atoms with E-state index in [9.17, 15) is 4.79 Å². The Hall–Kier alpha value is -2.39. The first-order valence-corrected chi connectivity index (χ1v) is 10.7. The summed E-state index contributed by atoms with van der Waals surface area (Å²) in [6.45, 7) is 2.37. The number of benzene rings is 3. The molecule has 29 heavy (non-hydrogen) atoms. The van der Waals surface area contributed by atoms with Gasteiger partial charge in [-0.05, 0) is 77.0 Å². The van der Waals surface area contributed by atoms with E-state index in [4.69, 9.17) is 4.74 Å². The van der Waals surface area contributed by atoms with Crippen LogP contribution in [0.2, 0.25) is 0 Å². The summed E-state index contributed by atoms with van der Waals surface area (Å²) in [5.74, 6) is 0.677. The van der Waals surface area contributed by atoms with Gasteiger partial charge in [0.1, 0.15) is 12.4 Å². The number of nitrogens with one attached hydrogen (secondary N) is 2. The zero-order valence-electron chi connectivity index (χ0n) is 15.7. The standard InChI is InChI=1S/C22H19BrIN3O2/c1-15-4-2-3-5-20(15)26-22(28)27-25-13-17-12-18(23)8-11-21(17)29-14-16-6-9-19(24)10-7-16/h2-13H,14H2,1H3,(H2,26,27,28). The summed E-state index contributed by atoms with van der Waals surface area (Å²) in [5.41, 5.74) is 6.02. The Morgan fingerprint density at radius 3 is 2.66 bits per heavy atom. The Balaban J connectivity index is 1.63. The summed E-state index contributed by atoms with van der Waals surface area (Å²) in [6.07, 6.45) is 1.56. The molecule has 0 aliphatic heterocycles. The highest BCUT2D eigenvalue weighted by Gasteiger charge is 2.05. The molecule has 0 unspecified atom stereocenters. The maximum atomic E-state index is 12.1. The van der Waals surface area contributed by atoms with Crippen LogP contribution in [-0.4, -0.2) is 12.2 Å². The molecule has 0 aliphatic carbocycles. The van der Waals surface area contributed by atoms with Crippen LogP contribution < -0.4 is 15.5 Å². The molecule has 0 heterocycles. The zero-order valence-corrected chi connectivity index (χ0v) is 19.4. The van der Waals surface area contributed by atoms with Crippen LogP contribution in [0.4, 0.5) is 10.5 Å². The Labute approximate surface area is 191 Å². The number of urea groups is 1. The zero-order chi connectivity index (χ0) is 20.6. The maximum absolute atomic E-state index is 12.1. The van der Waals surface area contributed by atoms with Gasteiger partial charge in [0, 0.05) is 19.3 Å². The van der Waals surface area contributed by atoms with Gasteiger partial charge in [0.05, 0.1) is 6.21 Å². The number of rotatable bonds is 6. The Kier molecular flexibility index (Phi) is 7.65. The van der Waals surface area contributed by atoms with Gasteiger partial charge < -0.3 is 10.1 Å². The van der Waals surface area contributed by atoms with Crippen molar-refractivity contribution in [3.05, 3.63) is 91.5 Å². The topological polar surface area (TPSA) is 62.7 Å². The first kappa shape index (κ1) is 21.3. The second kappa shape index (κ2) is 10.4.